The summed E-state index contributed by atoms with van der Waals surface area (Å²) in [7, 11) is -3.66. The van der Waals surface area contributed by atoms with E-state index in [1.807, 2.05) is 5.32 Å². The summed E-state index contributed by atoms with van der Waals surface area (Å²) in [6.07, 6.45) is 2.54. The molecule has 1 aromatic heterocycles. The van der Waals surface area contributed by atoms with Crippen molar-refractivity contribution in [2.24, 2.45) is 5.73 Å². The number of nitrogens with one attached hydrogen (secondary N) is 3. The number of rotatable bonds is 12. The fourth-order valence-corrected chi connectivity index (χ4v) is 3.54. The zero-order valence-electron chi connectivity index (χ0n) is 19.8. The number of aromatic nitrogens is 2. The summed E-state index contributed by atoms with van der Waals surface area (Å²) in [6.45, 7) is -0.686. The van der Waals surface area contributed by atoms with Gasteiger partial charge in [-0.3, -0.25) is 9.59 Å². The topological polar surface area (TPSA) is 262 Å². The molecule has 19 heteroatoms. The molecule has 0 saturated carbocycles. The van der Waals surface area contributed by atoms with Crippen molar-refractivity contribution in [1.29, 1.82) is 0 Å². The fourth-order valence-electron chi connectivity index (χ4n) is 2.33. The van der Waals surface area contributed by atoms with Crippen LogP contribution in [0.25, 0.3) is 0 Å². The van der Waals surface area contributed by atoms with E-state index in [9.17, 15) is 37.8 Å². The van der Waals surface area contributed by atoms with Crippen molar-refractivity contribution in [3.05, 3.63) is 42.7 Å². The number of sulfonamides is 1. The van der Waals surface area contributed by atoms with Crippen LogP contribution in [0.3, 0.4) is 0 Å². The van der Waals surface area contributed by atoms with Gasteiger partial charge in [0.2, 0.25) is 17.8 Å². The van der Waals surface area contributed by atoms with E-state index in [4.69, 9.17) is 11.5 Å². The van der Waals surface area contributed by atoms with Crippen molar-refractivity contribution in [1.82, 2.24) is 20.6 Å². The van der Waals surface area contributed by atoms with Crippen LogP contribution in [-0.4, -0.2) is 66.5 Å². The summed E-state index contributed by atoms with van der Waals surface area (Å²) >= 11 is 3.85. The molecule has 15 nitrogen and oxygen atoms in total. The number of carboxylic acid groups (broad SMARTS) is 2. The summed E-state index contributed by atoms with van der Waals surface area (Å²) in [5.41, 5.74) is 11.1. The first-order chi connectivity index (χ1) is 17.4. The zero-order valence-corrected chi connectivity index (χ0v) is 24.5. The van der Waals surface area contributed by atoms with Crippen LogP contribution in [0.4, 0.5) is 11.6 Å². The van der Waals surface area contributed by atoms with Gasteiger partial charge in [-0.05, 0) is 36.8 Å². The average molecular weight is 771 g/mol. The molecule has 2 amide bonds. The number of nitrogens with zero attached hydrogens (tertiary/aromatic N) is 2. The Balaban J connectivity index is 0. The van der Waals surface area contributed by atoms with Gasteiger partial charge in [0.25, 0.3) is 10.0 Å². The van der Waals surface area contributed by atoms with Gasteiger partial charge in [0.15, 0.2) is 0 Å². The van der Waals surface area contributed by atoms with Crippen LogP contribution in [0.2, 0.25) is 0 Å². The van der Waals surface area contributed by atoms with Gasteiger partial charge in [0.05, 0.1) is 23.4 Å². The van der Waals surface area contributed by atoms with Gasteiger partial charge < -0.3 is 41.9 Å². The number of hydrogen-bond donors (Lipinski definition) is 6. The SMILES string of the molecule is NC(CCC(=O)NC(CS)C(=O)NCC(=O)[O-])C(=O)[O-].Nc1ccc(S(=O)(=O)Nc2ncccn2)cc1.[Ag+].[Ag+]. The van der Waals surface area contributed by atoms with Crippen molar-refractivity contribution in [3.8, 4) is 0 Å². The molecule has 1 aromatic carbocycles. The number of amides is 2. The molecular weight excluding hydrogens is 746 g/mol. The number of nitrogens with two attached hydrogens (primary N) is 2. The standard InChI is InChI=1S/C10H10N4O2S.C10H17N3O6S.2Ag/c11-8-2-4-9(5-3-8)17(15,16)14-10-12-6-1-7-13-10;11-5(10(18)19)1-2-7(14)13-6(4-20)9(17)12-3-8(15)16;;/h1-7H,11H2,(H,12,13,14);5-6,20H,1-4,11H2,(H,12,17)(H,13,14)(H,15,16)(H,18,19);;/q;;2*+1/p-2. The summed E-state index contributed by atoms with van der Waals surface area (Å²) < 4.78 is 26.0. The maximum Gasteiger partial charge on any atom is 1.00 e. The molecule has 2 rings (SSSR count). The molecule has 0 saturated heterocycles. The molecule has 7 N–H and O–H groups in total. The molecule has 0 aliphatic heterocycles. The third-order valence-electron chi connectivity index (χ3n) is 4.21. The zero-order chi connectivity index (χ0) is 28.0. The van der Waals surface area contributed by atoms with Gasteiger partial charge in [0, 0.05) is 36.3 Å². The Bertz CT molecular complexity index is 1180. The number of nitrogen functional groups attached to an aromatic ring is 1. The van der Waals surface area contributed by atoms with E-state index >= 15 is 0 Å². The molecule has 0 fully saturated rings. The van der Waals surface area contributed by atoms with E-state index < -0.39 is 52.4 Å². The Hall–Kier alpha value is -2.48. The van der Waals surface area contributed by atoms with Gasteiger partial charge in [0.1, 0.15) is 6.04 Å². The molecule has 2 aromatic rings. The van der Waals surface area contributed by atoms with Gasteiger partial charge in [-0.25, -0.2) is 23.1 Å². The monoisotopic (exact) mass is 769 g/mol. The second-order valence-corrected chi connectivity index (χ2v) is 9.15. The molecule has 0 aliphatic rings. The van der Waals surface area contributed by atoms with Crippen molar-refractivity contribution < 1.29 is 82.6 Å². The molecule has 0 spiro atoms. The normalized spacial score (nSPS) is 11.5. The van der Waals surface area contributed by atoms with E-state index in [1.54, 1.807) is 6.07 Å². The Morgan fingerprint density at radius 2 is 1.59 bits per heavy atom. The summed E-state index contributed by atoms with van der Waals surface area (Å²) in [5, 5.41) is 24.8. The van der Waals surface area contributed by atoms with Crippen LogP contribution < -0.4 is 37.0 Å². The largest absolute Gasteiger partial charge is 1.00 e. The maximum atomic E-state index is 11.9. The molecule has 1 heterocycles. The van der Waals surface area contributed by atoms with Gasteiger partial charge in [-0.1, -0.05) is 0 Å². The van der Waals surface area contributed by atoms with Crippen LogP contribution in [0.15, 0.2) is 47.6 Å². The molecular formula is C20H25Ag2N7O8S2. The maximum absolute atomic E-state index is 11.9. The number of anilines is 2. The summed E-state index contributed by atoms with van der Waals surface area (Å²) in [5.74, 6) is -4.31. The third-order valence-corrected chi connectivity index (χ3v) is 5.92. The number of benzene rings is 1. The average Bonchev–Trinajstić information content (AvgIpc) is 2.85. The summed E-state index contributed by atoms with van der Waals surface area (Å²) in [4.78, 5) is 51.1. The summed E-state index contributed by atoms with van der Waals surface area (Å²) in [6, 6.07) is 5.15. The van der Waals surface area contributed by atoms with Crippen LogP contribution in [0.1, 0.15) is 12.8 Å². The van der Waals surface area contributed by atoms with Crippen molar-refractivity contribution in [2.75, 3.05) is 22.8 Å². The van der Waals surface area contributed by atoms with Crippen molar-refractivity contribution in [2.45, 2.75) is 29.8 Å². The van der Waals surface area contributed by atoms with Crippen LogP contribution in [-0.2, 0) is 74.0 Å². The van der Waals surface area contributed by atoms with E-state index in [1.165, 1.54) is 36.7 Å². The van der Waals surface area contributed by atoms with Crippen LogP contribution in [0, 0.1) is 0 Å². The minimum atomic E-state index is -3.66. The Morgan fingerprint density at radius 3 is 2.08 bits per heavy atom. The smallest absolute Gasteiger partial charge is 0.548 e. The number of carbonyl (C=O) groups is 4. The third kappa shape index (κ3) is 15.6. The Morgan fingerprint density at radius 1 is 1.03 bits per heavy atom. The molecule has 2 atom stereocenters. The van der Waals surface area contributed by atoms with Gasteiger partial charge in [-0.2, -0.15) is 12.6 Å². The molecule has 39 heavy (non-hydrogen) atoms. The van der Waals surface area contributed by atoms with E-state index in [-0.39, 0.29) is 74.2 Å². The van der Waals surface area contributed by atoms with Crippen LogP contribution in [0.5, 0.6) is 0 Å². The second-order valence-electron chi connectivity index (χ2n) is 7.10. The molecule has 0 bridgehead atoms. The fraction of sp³-hybridized carbons (Fsp3) is 0.300. The Labute approximate surface area is 260 Å². The van der Waals surface area contributed by atoms with Crippen molar-refractivity contribution in [3.63, 3.8) is 0 Å². The first-order valence-corrected chi connectivity index (χ1v) is 12.5. The number of hydrogen-bond acceptors (Lipinski definition) is 13. The minimum Gasteiger partial charge on any atom is -0.548 e. The number of carboxylic acids is 2. The van der Waals surface area contributed by atoms with Crippen molar-refractivity contribution >= 4 is 58.0 Å². The quantitative estimate of drug-likeness (QED) is 0.0685. The van der Waals surface area contributed by atoms with E-state index in [0.717, 1.165) is 0 Å². The Kier molecular flexibility index (Phi) is 19.4. The number of carbonyl (C=O) groups excluding carboxylic acids is 4. The molecule has 222 valence electrons. The number of aliphatic carboxylic acids is 2. The molecule has 2 unspecified atom stereocenters. The number of thiol groups is 1. The van der Waals surface area contributed by atoms with E-state index in [0.29, 0.717) is 5.69 Å². The van der Waals surface area contributed by atoms with Crippen LogP contribution >= 0.6 is 12.6 Å². The van der Waals surface area contributed by atoms with E-state index in [2.05, 4.69) is 32.6 Å². The first kappa shape index (κ1) is 38.7. The van der Waals surface area contributed by atoms with Gasteiger partial charge in [-0.15, -0.1) is 0 Å². The second kappa shape index (κ2) is 19.6. The predicted octanol–water partition coefficient (Wildman–Crippen LogP) is -4.02. The molecule has 0 aliphatic carbocycles. The first-order valence-electron chi connectivity index (χ1n) is 10.3. The van der Waals surface area contributed by atoms with Gasteiger partial charge >= 0.3 is 44.8 Å². The minimum absolute atomic E-state index is 0. The predicted molar refractivity (Wildman–Crippen MR) is 130 cm³/mol. The molecule has 0 radical (unpaired) electrons.